The van der Waals surface area contributed by atoms with Crippen molar-refractivity contribution in [2.45, 2.75) is 6.92 Å². The average molecular weight is 251 g/mol. The molecule has 0 saturated carbocycles. The van der Waals surface area contributed by atoms with Gasteiger partial charge < -0.3 is 9.84 Å². The minimum absolute atomic E-state index is 0.0467. The lowest BCUT2D eigenvalue weighted by Gasteiger charge is -2.03. The van der Waals surface area contributed by atoms with Gasteiger partial charge in [0.2, 0.25) is 0 Å². The number of phenolic OH excluding ortho intramolecular Hbond substituents is 1. The molecule has 2 aromatic rings. The molecule has 0 aliphatic carbocycles. The molecule has 18 heavy (non-hydrogen) atoms. The highest BCUT2D eigenvalue weighted by molar-refractivity contribution is 5.94. The monoisotopic (exact) mass is 251 g/mol. The van der Waals surface area contributed by atoms with Gasteiger partial charge in [0.05, 0.1) is 6.61 Å². The summed E-state index contributed by atoms with van der Waals surface area (Å²) in [6.45, 7) is 1.83. The van der Waals surface area contributed by atoms with Gasteiger partial charge >= 0.3 is 5.97 Å². The zero-order valence-corrected chi connectivity index (χ0v) is 9.48. The first-order valence-corrected chi connectivity index (χ1v) is 5.21. The molecular formula is C11H10FN3O3. The summed E-state index contributed by atoms with van der Waals surface area (Å²) < 4.78 is 18.0. The largest absolute Gasteiger partial charge is 0.504 e. The van der Waals surface area contributed by atoms with Crippen LogP contribution in [0.3, 0.4) is 0 Å². The van der Waals surface area contributed by atoms with Crippen molar-refractivity contribution < 1.29 is 19.0 Å². The van der Waals surface area contributed by atoms with E-state index in [1.807, 2.05) is 0 Å². The van der Waals surface area contributed by atoms with E-state index in [2.05, 4.69) is 15.4 Å². The van der Waals surface area contributed by atoms with Crippen LogP contribution in [0.1, 0.15) is 17.4 Å². The average Bonchev–Trinajstić information content (AvgIpc) is 2.82. The third-order valence-corrected chi connectivity index (χ3v) is 2.26. The zero-order valence-electron chi connectivity index (χ0n) is 9.48. The van der Waals surface area contributed by atoms with Gasteiger partial charge in [0, 0.05) is 5.56 Å². The molecule has 2 N–H and O–H groups in total. The summed E-state index contributed by atoms with van der Waals surface area (Å²) in [7, 11) is 0. The van der Waals surface area contributed by atoms with Crippen molar-refractivity contribution in [3.63, 3.8) is 0 Å². The fourth-order valence-electron chi connectivity index (χ4n) is 1.47. The number of aromatic amines is 1. The highest BCUT2D eigenvalue weighted by atomic mass is 19.1. The maximum absolute atomic E-state index is 13.2. The molecule has 0 radical (unpaired) electrons. The second-order valence-electron chi connectivity index (χ2n) is 3.38. The number of ether oxygens (including phenoxy) is 1. The molecule has 0 aliphatic rings. The van der Waals surface area contributed by atoms with E-state index in [4.69, 9.17) is 4.74 Å². The van der Waals surface area contributed by atoms with Crippen LogP contribution in [0, 0.1) is 5.82 Å². The highest BCUT2D eigenvalue weighted by Gasteiger charge is 2.22. The first-order chi connectivity index (χ1) is 8.65. The molecule has 0 unspecified atom stereocenters. The minimum Gasteiger partial charge on any atom is -0.504 e. The van der Waals surface area contributed by atoms with Gasteiger partial charge in [-0.1, -0.05) is 6.07 Å². The SMILES string of the molecule is CCOC(=O)c1n[nH]nc1-c1cccc(F)c1O. The molecule has 1 heterocycles. The van der Waals surface area contributed by atoms with Gasteiger partial charge in [0.25, 0.3) is 0 Å². The number of nitrogens with zero attached hydrogens (tertiary/aromatic N) is 2. The number of aromatic nitrogens is 3. The van der Waals surface area contributed by atoms with E-state index in [0.29, 0.717) is 0 Å². The van der Waals surface area contributed by atoms with E-state index in [1.165, 1.54) is 12.1 Å². The van der Waals surface area contributed by atoms with Crippen LogP contribution in [0.25, 0.3) is 11.3 Å². The van der Waals surface area contributed by atoms with Crippen molar-refractivity contribution in [2.75, 3.05) is 6.61 Å². The smallest absolute Gasteiger partial charge is 0.361 e. The first-order valence-electron chi connectivity index (χ1n) is 5.21. The van der Waals surface area contributed by atoms with Crippen LogP contribution < -0.4 is 0 Å². The lowest BCUT2D eigenvalue weighted by molar-refractivity contribution is 0.0520. The van der Waals surface area contributed by atoms with Gasteiger partial charge in [-0.05, 0) is 19.1 Å². The summed E-state index contributed by atoms with van der Waals surface area (Å²) in [5.74, 6) is -2.08. The highest BCUT2D eigenvalue weighted by Crippen LogP contribution is 2.31. The van der Waals surface area contributed by atoms with Crippen LogP contribution in [0.2, 0.25) is 0 Å². The molecular weight excluding hydrogens is 241 g/mol. The number of phenols is 1. The van der Waals surface area contributed by atoms with Gasteiger partial charge in [0.1, 0.15) is 5.69 Å². The van der Waals surface area contributed by atoms with Gasteiger partial charge in [-0.3, -0.25) is 0 Å². The number of aromatic hydroxyl groups is 1. The molecule has 0 saturated heterocycles. The molecule has 1 aromatic heterocycles. The van der Waals surface area contributed by atoms with Crippen molar-refractivity contribution in [1.82, 2.24) is 15.4 Å². The normalized spacial score (nSPS) is 10.3. The van der Waals surface area contributed by atoms with Crippen molar-refractivity contribution in [3.05, 3.63) is 29.7 Å². The topological polar surface area (TPSA) is 88.1 Å². The Balaban J connectivity index is 2.49. The van der Waals surface area contributed by atoms with E-state index < -0.39 is 17.5 Å². The quantitative estimate of drug-likeness (QED) is 0.807. The summed E-state index contributed by atoms with van der Waals surface area (Å²) in [5, 5.41) is 19.2. The number of esters is 1. The Hall–Kier alpha value is -2.44. The number of hydrogen-bond acceptors (Lipinski definition) is 5. The lowest BCUT2D eigenvalue weighted by Crippen LogP contribution is -2.06. The van der Waals surface area contributed by atoms with Crippen LogP contribution in [0.15, 0.2) is 18.2 Å². The van der Waals surface area contributed by atoms with Crippen molar-refractivity contribution in [3.8, 4) is 17.0 Å². The third-order valence-electron chi connectivity index (χ3n) is 2.26. The Labute approximate surface area is 101 Å². The molecule has 6 nitrogen and oxygen atoms in total. The molecule has 94 valence electrons. The summed E-state index contributed by atoms with van der Waals surface area (Å²) in [5.41, 5.74) is 0.0232. The first kappa shape index (κ1) is 12.0. The Bertz CT molecular complexity index is 583. The number of H-pyrrole nitrogens is 1. The number of benzene rings is 1. The summed E-state index contributed by atoms with van der Waals surface area (Å²) in [4.78, 5) is 11.6. The third kappa shape index (κ3) is 2.02. The number of rotatable bonds is 3. The van der Waals surface area contributed by atoms with E-state index in [0.717, 1.165) is 6.07 Å². The van der Waals surface area contributed by atoms with E-state index >= 15 is 0 Å². The van der Waals surface area contributed by atoms with Crippen LogP contribution in [0.4, 0.5) is 4.39 Å². The second kappa shape index (κ2) is 4.82. The number of carbonyl (C=O) groups excluding carboxylic acids is 1. The van der Waals surface area contributed by atoms with Crippen LogP contribution in [-0.4, -0.2) is 33.1 Å². The molecule has 1 aromatic carbocycles. The van der Waals surface area contributed by atoms with E-state index in [-0.39, 0.29) is 23.6 Å². The Morgan fingerprint density at radius 3 is 3.00 bits per heavy atom. The van der Waals surface area contributed by atoms with Gasteiger partial charge in [-0.2, -0.15) is 10.3 Å². The van der Waals surface area contributed by atoms with Crippen molar-refractivity contribution in [2.24, 2.45) is 0 Å². The number of nitrogens with one attached hydrogen (secondary N) is 1. The predicted octanol–water partition coefficient (Wildman–Crippen LogP) is 1.49. The minimum atomic E-state index is -0.801. The molecule has 0 spiro atoms. The summed E-state index contributed by atoms with van der Waals surface area (Å²) >= 11 is 0. The van der Waals surface area contributed by atoms with Gasteiger partial charge in [0.15, 0.2) is 17.3 Å². The Kier molecular flexibility index (Phi) is 3.22. The summed E-state index contributed by atoms with van der Waals surface area (Å²) in [6.07, 6.45) is 0. The van der Waals surface area contributed by atoms with Gasteiger partial charge in [-0.15, -0.1) is 5.10 Å². The van der Waals surface area contributed by atoms with Crippen molar-refractivity contribution in [1.29, 1.82) is 0 Å². The van der Waals surface area contributed by atoms with Crippen LogP contribution >= 0.6 is 0 Å². The van der Waals surface area contributed by atoms with Gasteiger partial charge in [-0.25, -0.2) is 9.18 Å². The molecule has 0 amide bonds. The Morgan fingerprint density at radius 1 is 1.50 bits per heavy atom. The standard InChI is InChI=1S/C11H10FN3O3/c1-2-18-11(17)9-8(13-15-14-9)6-4-3-5-7(12)10(6)16/h3-5,16H,2H2,1H3,(H,13,14,15). The maximum Gasteiger partial charge on any atom is 0.361 e. The second-order valence-corrected chi connectivity index (χ2v) is 3.38. The fraction of sp³-hybridized carbons (Fsp3) is 0.182. The van der Waals surface area contributed by atoms with Crippen LogP contribution in [0.5, 0.6) is 5.75 Å². The number of carbonyl (C=O) groups is 1. The number of hydrogen-bond donors (Lipinski definition) is 2. The van der Waals surface area contributed by atoms with Crippen LogP contribution in [-0.2, 0) is 4.74 Å². The van der Waals surface area contributed by atoms with E-state index in [1.54, 1.807) is 6.92 Å². The molecule has 2 rings (SSSR count). The van der Waals surface area contributed by atoms with Crippen molar-refractivity contribution >= 4 is 5.97 Å². The molecule has 0 aliphatic heterocycles. The molecule has 0 bridgehead atoms. The summed E-state index contributed by atoms with van der Waals surface area (Å²) in [6, 6.07) is 3.93. The lowest BCUT2D eigenvalue weighted by atomic mass is 10.1. The fourth-order valence-corrected chi connectivity index (χ4v) is 1.47. The molecule has 7 heteroatoms. The maximum atomic E-state index is 13.2. The zero-order chi connectivity index (χ0) is 13.1. The molecule has 0 atom stereocenters. The Morgan fingerprint density at radius 2 is 2.28 bits per heavy atom. The van der Waals surface area contributed by atoms with E-state index in [9.17, 15) is 14.3 Å². The number of para-hydroxylation sites is 1. The number of halogens is 1. The predicted molar refractivity (Wildman–Crippen MR) is 59.4 cm³/mol. The molecule has 0 fully saturated rings.